The van der Waals surface area contributed by atoms with Crippen molar-refractivity contribution < 1.29 is 0 Å². The van der Waals surface area contributed by atoms with Crippen molar-refractivity contribution in [3.8, 4) is 21.1 Å². The molecule has 0 saturated heterocycles. The highest BCUT2D eigenvalue weighted by molar-refractivity contribution is 7.18. The molecule has 2 heterocycles. The summed E-state index contributed by atoms with van der Waals surface area (Å²) in [5, 5.41) is 0. The first kappa shape index (κ1) is 11.6. The molecule has 0 aliphatic rings. The molecule has 0 bridgehead atoms. The zero-order valence-corrected chi connectivity index (χ0v) is 10.8. The van der Waals surface area contributed by atoms with Gasteiger partial charge >= 0.3 is 0 Å². The largest absolute Gasteiger partial charge is 0.368 e. The lowest BCUT2D eigenvalue weighted by atomic mass is 10.2. The molecule has 6 heteroatoms. The van der Waals surface area contributed by atoms with E-state index in [2.05, 4.69) is 27.1 Å². The molecule has 94 valence electrons. The van der Waals surface area contributed by atoms with Crippen LogP contribution in [0.3, 0.4) is 0 Å². The third kappa shape index (κ3) is 2.38. The number of hydrogen-bond acceptors (Lipinski definition) is 6. The van der Waals surface area contributed by atoms with Crippen LogP contribution >= 0.6 is 11.3 Å². The van der Waals surface area contributed by atoms with Gasteiger partial charge < -0.3 is 11.5 Å². The third-order valence-corrected chi connectivity index (χ3v) is 3.68. The van der Waals surface area contributed by atoms with Crippen LogP contribution in [0.25, 0.3) is 21.1 Å². The first-order valence-corrected chi connectivity index (χ1v) is 6.47. The van der Waals surface area contributed by atoms with E-state index in [1.807, 2.05) is 30.3 Å². The second-order valence-corrected chi connectivity index (χ2v) is 4.99. The minimum absolute atomic E-state index is 0.136. The summed E-state index contributed by atoms with van der Waals surface area (Å²) in [5.41, 5.74) is 12.3. The maximum absolute atomic E-state index is 5.58. The molecule has 2 aromatic heterocycles. The van der Waals surface area contributed by atoms with Gasteiger partial charge in [0.05, 0.1) is 4.88 Å². The van der Waals surface area contributed by atoms with Gasteiger partial charge in [0.2, 0.25) is 11.9 Å². The van der Waals surface area contributed by atoms with E-state index in [0.29, 0.717) is 5.82 Å². The minimum Gasteiger partial charge on any atom is -0.368 e. The fourth-order valence-corrected chi connectivity index (χ4v) is 2.68. The van der Waals surface area contributed by atoms with Gasteiger partial charge in [0.1, 0.15) is 0 Å². The third-order valence-electron chi connectivity index (χ3n) is 2.55. The number of aromatic nitrogens is 3. The lowest BCUT2D eigenvalue weighted by molar-refractivity contribution is 1.09. The molecule has 0 saturated carbocycles. The zero-order chi connectivity index (χ0) is 13.2. The maximum atomic E-state index is 5.58. The molecule has 0 atom stereocenters. The van der Waals surface area contributed by atoms with E-state index in [1.165, 1.54) is 0 Å². The molecule has 0 aliphatic heterocycles. The monoisotopic (exact) mass is 269 g/mol. The van der Waals surface area contributed by atoms with Crippen molar-refractivity contribution in [3.63, 3.8) is 0 Å². The predicted octanol–water partition coefficient (Wildman–Crippen LogP) is 2.43. The Labute approximate surface area is 114 Å². The van der Waals surface area contributed by atoms with Gasteiger partial charge in [-0.05, 0) is 17.7 Å². The number of benzene rings is 1. The molecule has 0 spiro atoms. The van der Waals surface area contributed by atoms with Gasteiger partial charge in [-0.25, -0.2) is 0 Å². The molecule has 4 N–H and O–H groups in total. The van der Waals surface area contributed by atoms with E-state index in [-0.39, 0.29) is 11.9 Å². The summed E-state index contributed by atoms with van der Waals surface area (Å²) in [6, 6.07) is 14.1. The highest BCUT2D eigenvalue weighted by Gasteiger charge is 2.09. The Morgan fingerprint density at radius 1 is 0.737 bits per heavy atom. The number of rotatable bonds is 2. The maximum Gasteiger partial charge on any atom is 0.225 e. The number of nitrogens with zero attached hydrogens (tertiary/aromatic N) is 3. The number of hydrogen-bond donors (Lipinski definition) is 2. The van der Waals surface area contributed by atoms with Gasteiger partial charge in [-0.2, -0.15) is 15.0 Å². The van der Waals surface area contributed by atoms with Crippen molar-refractivity contribution in [2.75, 3.05) is 11.5 Å². The average molecular weight is 269 g/mol. The van der Waals surface area contributed by atoms with Crippen LogP contribution in [-0.4, -0.2) is 15.0 Å². The summed E-state index contributed by atoms with van der Waals surface area (Å²) in [6.07, 6.45) is 0. The fourth-order valence-electron chi connectivity index (χ4n) is 1.74. The summed E-state index contributed by atoms with van der Waals surface area (Å²) in [4.78, 5) is 14.0. The molecule has 0 fully saturated rings. The van der Waals surface area contributed by atoms with Crippen LogP contribution in [0.2, 0.25) is 0 Å². The van der Waals surface area contributed by atoms with Crippen LogP contribution in [0, 0.1) is 0 Å². The number of nitrogens with two attached hydrogens (primary N) is 2. The van der Waals surface area contributed by atoms with E-state index in [0.717, 1.165) is 15.3 Å². The van der Waals surface area contributed by atoms with Crippen LogP contribution in [-0.2, 0) is 0 Å². The van der Waals surface area contributed by atoms with Crippen molar-refractivity contribution in [3.05, 3.63) is 42.5 Å². The predicted molar refractivity (Wildman–Crippen MR) is 77.4 cm³/mol. The highest BCUT2D eigenvalue weighted by Crippen LogP contribution is 2.32. The van der Waals surface area contributed by atoms with E-state index in [9.17, 15) is 0 Å². The van der Waals surface area contributed by atoms with Crippen molar-refractivity contribution in [1.82, 2.24) is 15.0 Å². The first-order valence-electron chi connectivity index (χ1n) is 5.65. The van der Waals surface area contributed by atoms with Crippen LogP contribution in [0.15, 0.2) is 42.5 Å². The van der Waals surface area contributed by atoms with Gasteiger partial charge in [0, 0.05) is 4.88 Å². The van der Waals surface area contributed by atoms with Crippen LogP contribution in [0.4, 0.5) is 11.9 Å². The quantitative estimate of drug-likeness (QED) is 0.745. The Hall–Kier alpha value is -2.47. The van der Waals surface area contributed by atoms with Crippen LogP contribution < -0.4 is 11.5 Å². The lowest BCUT2D eigenvalue weighted by Gasteiger charge is -1.99. The smallest absolute Gasteiger partial charge is 0.225 e. The molecule has 1 aromatic carbocycles. The van der Waals surface area contributed by atoms with Crippen LogP contribution in [0.1, 0.15) is 0 Å². The Balaban J connectivity index is 2.02. The molecule has 0 amide bonds. The summed E-state index contributed by atoms with van der Waals surface area (Å²) in [7, 11) is 0. The summed E-state index contributed by atoms with van der Waals surface area (Å²) >= 11 is 1.59. The molecule has 3 aromatic rings. The Morgan fingerprint density at radius 3 is 2.05 bits per heavy atom. The average Bonchev–Trinajstić information content (AvgIpc) is 2.88. The SMILES string of the molecule is Nc1nc(N)nc(-c2ccc(-c3ccccc3)s2)n1. The molecule has 5 nitrogen and oxygen atoms in total. The van der Waals surface area contributed by atoms with Crippen LogP contribution in [0.5, 0.6) is 0 Å². The summed E-state index contributed by atoms with van der Waals surface area (Å²) in [6.45, 7) is 0. The number of anilines is 2. The van der Waals surface area contributed by atoms with E-state index in [1.54, 1.807) is 11.3 Å². The second-order valence-electron chi connectivity index (χ2n) is 3.91. The van der Waals surface area contributed by atoms with Gasteiger partial charge in [-0.15, -0.1) is 11.3 Å². The van der Waals surface area contributed by atoms with E-state index in [4.69, 9.17) is 11.5 Å². The van der Waals surface area contributed by atoms with E-state index >= 15 is 0 Å². The van der Waals surface area contributed by atoms with Crippen molar-refractivity contribution in [1.29, 1.82) is 0 Å². The molecular formula is C13H11N5S. The first-order chi connectivity index (χ1) is 9.22. The normalized spacial score (nSPS) is 10.5. The molecule has 3 rings (SSSR count). The molecule has 0 radical (unpaired) electrons. The molecule has 0 unspecified atom stereocenters. The Morgan fingerprint density at radius 2 is 1.37 bits per heavy atom. The zero-order valence-electron chi connectivity index (χ0n) is 9.95. The summed E-state index contributed by atoms with van der Waals surface area (Å²) in [5.74, 6) is 0.784. The number of thiophene rings is 1. The Kier molecular flexibility index (Phi) is 2.85. The molecule has 0 aliphatic carbocycles. The van der Waals surface area contributed by atoms with Gasteiger partial charge in [0.15, 0.2) is 5.82 Å². The van der Waals surface area contributed by atoms with Gasteiger partial charge in [0.25, 0.3) is 0 Å². The molecular weight excluding hydrogens is 258 g/mol. The van der Waals surface area contributed by atoms with Crippen molar-refractivity contribution in [2.24, 2.45) is 0 Å². The van der Waals surface area contributed by atoms with Crippen molar-refractivity contribution in [2.45, 2.75) is 0 Å². The van der Waals surface area contributed by atoms with Gasteiger partial charge in [-0.3, -0.25) is 0 Å². The minimum atomic E-state index is 0.136. The standard InChI is InChI=1S/C13H11N5S/c14-12-16-11(17-13(15)18-12)10-7-6-9(19-10)8-4-2-1-3-5-8/h1-7H,(H4,14,15,16,17,18). The lowest BCUT2D eigenvalue weighted by Crippen LogP contribution is -2.03. The topological polar surface area (TPSA) is 90.7 Å². The number of nitrogen functional groups attached to an aromatic ring is 2. The van der Waals surface area contributed by atoms with Crippen molar-refractivity contribution >= 4 is 23.2 Å². The molecule has 19 heavy (non-hydrogen) atoms. The Bertz CT molecular complexity index is 688. The summed E-state index contributed by atoms with van der Waals surface area (Å²) < 4.78 is 0. The van der Waals surface area contributed by atoms with Gasteiger partial charge in [-0.1, -0.05) is 30.3 Å². The second kappa shape index (κ2) is 4.66. The van der Waals surface area contributed by atoms with E-state index < -0.39 is 0 Å². The fraction of sp³-hybridized carbons (Fsp3) is 0. The highest BCUT2D eigenvalue weighted by atomic mass is 32.1.